The number of nitrogens with zero attached hydrogens (tertiary/aromatic N) is 1. The summed E-state index contributed by atoms with van der Waals surface area (Å²) in [5, 5.41) is 5.29. The molecular formula is C20H25N3O4S. The monoisotopic (exact) mass is 403 g/mol. The van der Waals surface area contributed by atoms with Crippen LogP contribution in [-0.2, 0) is 14.8 Å². The Labute approximate surface area is 165 Å². The van der Waals surface area contributed by atoms with E-state index in [4.69, 9.17) is 0 Å². The maximum absolute atomic E-state index is 12.9. The van der Waals surface area contributed by atoms with Crippen LogP contribution in [0.3, 0.4) is 0 Å². The van der Waals surface area contributed by atoms with Crippen LogP contribution in [0.4, 0.5) is 5.69 Å². The summed E-state index contributed by atoms with van der Waals surface area (Å²) in [6.07, 6.45) is 0.793. The fourth-order valence-corrected chi connectivity index (χ4v) is 3.72. The van der Waals surface area contributed by atoms with Gasteiger partial charge < -0.3 is 10.6 Å². The van der Waals surface area contributed by atoms with Crippen LogP contribution in [0.2, 0.25) is 0 Å². The van der Waals surface area contributed by atoms with Gasteiger partial charge in [0.2, 0.25) is 5.91 Å². The molecule has 0 saturated heterocycles. The summed E-state index contributed by atoms with van der Waals surface area (Å²) in [6, 6.07) is 13.7. The van der Waals surface area contributed by atoms with Gasteiger partial charge in [0.15, 0.2) is 0 Å². The molecule has 2 aromatic rings. The second-order valence-electron chi connectivity index (χ2n) is 6.32. The van der Waals surface area contributed by atoms with Crippen LogP contribution in [0, 0.1) is 0 Å². The van der Waals surface area contributed by atoms with Gasteiger partial charge in [0.05, 0.1) is 10.6 Å². The standard InChI is InChI=1S/C20H25N3O4S/c1-4-13-21-19(24)15(2)22-20(25)16-9-8-12-18(14-16)28(26,27)23(3)17-10-6-5-7-11-17/h5-12,14-15H,4,13H2,1-3H3,(H,21,24)(H,22,25). The van der Waals surface area contributed by atoms with E-state index in [2.05, 4.69) is 10.6 Å². The third-order valence-electron chi connectivity index (χ3n) is 4.16. The molecule has 2 N–H and O–H groups in total. The third-order valence-corrected chi connectivity index (χ3v) is 5.95. The quantitative estimate of drug-likeness (QED) is 0.706. The number of anilines is 1. The van der Waals surface area contributed by atoms with Crippen LogP contribution in [0.25, 0.3) is 0 Å². The zero-order valence-corrected chi connectivity index (χ0v) is 17.0. The molecule has 0 radical (unpaired) electrons. The Morgan fingerprint density at radius 2 is 1.75 bits per heavy atom. The van der Waals surface area contributed by atoms with Crippen LogP contribution in [-0.4, -0.2) is 39.9 Å². The molecule has 2 amide bonds. The summed E-state index contributed by atoms with van der Waals surface area (Å²) in [7, 11) is -2.37. The zero-order valence-electron chi connectivity index (χ0n) is 16.2. The van der Waals surface area contributed by atoms with Gasteiger partial charge in [0.25, 0.3) is 15.9 Å². The van der Waals surface area contributed by atoms with Gasteiger partial charge in [0, 0.05) is 19.2 Å². The minimum atomic E-state index is -3.83. The Morgan fingerprint density at radius 1 is 1.07 bits per heavy atom. The van der Waals surface area contributed by atoms with Crippen molar-refractivity contribution in [2.45, 2.75) is 31.2 Å². The number of sulfonamides is 1. The van der Waals surface area contributed by atoms with Gasteiger partial charge >= 0.3 is 0 Å². The summed E-state index contributed by atoms with van der Waals surface area (Å²) in [5.41, 5.74) is 0.677. The number of benzene rings is 2. The van der Waals surface area contributed by atoms with Crippen molar-refractivity contribution >= 4 is 27.5 Å². The fraction of sp³-hybridized carbons (Fsp3) is 0.300. The smallest absolute Gasteiger partial charge is 0.264 e. The molecule has 0 aliphatic heterocycles. The van der Waals surface area contributed by atoms with Crippen molar-refractivity contribution < 1.29 is 18.0 Å². The van der Waals surface area contributed by atoms with E-state index in [-0.39, 0.29) is 16.4 Å². The van der Waals surface area contributed by atoms with Gasteiger partial charge in [-0.2, -0.15) is 0 Å². The molecule has 0 aliphatic carbocycles. The number of hydrogen-bond acceptors (Lipinski definition) is 4. The van der Waals surface area contributed by atoms with Gasteiger partial charge in [-0.1, -0.05) is 31.2 Å². The summed E-state index contributed by atoms with van der Waals surface area (Å²) in [5.74, 6) is -0.804. The molecule has 0 saturated carbocycles. The van der Waals surface area contributed by atoms with Crippen molar-refractivity contribution in [2.24, 2.45) is 0 Å². The number of rotatable bonds is 8. The first-order valence-corrected chi connectivity index (χ1v) is 10.4. The van der Waals surface area contributed by atoms with E-state index in [0.717, 1.165) is 10.7 Å². The average Bonchev–Trinajstić information content (AvgIpc) is 2.71. The highest BCUT2D eigenvalue weighted by atomic mass is 32.2. The molecule has 2 rings (SSSR count). The molecule has 0 heterocycles. The molecule has 8 heteroatoms. The van der Waals surface area contributed by atoms with Crippen LogP contribution in [0.1, 0.15) is 30.6 Å². The van der Waals surface area contributed by atoms with Crippen LogP contribution < -0.4 is 14.9 Å². The van der Waals surface area contributed by atoms with Crippen LogP contribution in [0.15, 0.2) is 59.5 Å². The lowest BCUT2D eigenvalue weighted by Gasteiger charge is -2.20. The second kappa shape index (κ2) is 9.36. The third kappa shape index (κ3) is 5.10. The van der Waals surface area contributed by atoms with Crippen LogP contribution in [0.5, 0.6) is 0 Å². The number of carbonyl (C=O) groups excluding carboxylic acids is 2. The number of carbonyl (C=O) groups is 2. The normalized spacial score (nSPS) is 12.1. The lowest BCUT2D eigenvalue weighted by molar-refractivity contribution is -0.122. The van der Waals surface area contributed by atoms with E-state index in [1.165, 1.54) is 31.3 Å². The predicted molar refractivity (Wildman–Crippen MR) is 109 cm³/mol. The number of para-hydroxylation sites is 1. The Balaban J connectivity index is 2.19. The molecule has 28 heavy (non-hydrogen) atoms. The van der Waals surface area contributed by atoms with Crippen molar-refractivity contribution in [3.63, 3.8) is 0 Å². The molecule has 0 spiro atoms. The Hall–Kier alpha value is -2.87. The molecule has 150 valence electrons. The lowest BCUT2D eigenvalue weighted by Crippen LogP contribution is -2.45. The molecule has 7 nitrogen and oxygen atoms in total. The van der Waals surface area contributed by atoms with Crippen molar-refractivity contribution in [3.8, 4) is 0 Å². The highest BCUT2D eigenvalue weighted by Gasteiger charge is 2.23. The SMILES string of the molecule is CCCNC(=O)C(C)NC(=O)c1cccc(S(=O)(=O)N(C)c2ccccc2)c1. The molecule has 1 atom stereocenters. The zero-order chi connectivity index (χ0) is 20.7. The Bertz CT molecular complexity index is 929. The highest BCUT2D eigenvalue weighted by Crippen LogP contribution is 2.22. The van der Waals surface area contributed by atoms with Gasteiger partial charge in [-0.3, -0.25) is 13.9 Å². The van der Waals surface area contributed by atoms with E-state index in [9.17, 15) is 18.0 Å². The van der Waals surface area contributed by atoms with Crippen molar-refractivity contribution in [1.29, 1.82) is 0 Å². The van der Waals surface area contributed by atoms with Gasteiger partial charge in [-0.05, 0) is 43.7 Å². The predicted octanol–water partition coefficient (Wildman–Crippen LogP) is 2.16. The maximum Gasteiger partial charge on any atom is 0.264 e. The molecule has 0 bridgehead atoms. The average molecular weight is 404 g/mol. The Morgan fingerprint density at radius 3 is 2.39 bits per heavy atom. The summed E-state index contributed by atoms with van der Waals surface area (Å²) < 4.78 is 26.9. The number of amides is 2. The van der Waals surface area contributed by atoms with E-state index in [1.54, 1.807) is 37.3 Å². The first kappa shape index (κ1) is 21.4. The van der Waals surface area contributed by atoms with Crippen LogP contribution >= 0.6 is 0 Å². The van der Waals surface area contributed by atoms with E-state index in [1.807, 2.05) is 6.92 Å². The van der Waals surface area contributed by atoms with Gasteiger partial charge in [-0.25, -0.2) is 8.42 Å². The topological polar surface area (TPSA) is 95.6 Å². The van der Waals surface area contributed by atoms with Crippen molar-refractivity contribution in [3.05, 3.63) is 60.2 Å². The molecule has 0 fully saturated rings. The van der Waals surface area contributed by atoms with Crippen molar-refractivity contribution in [2.75, 3.05) is 17.9 Å². The fourth-order valence-electron chi connectivity index (χ4n) is 2.48. The highest BCUT2D eigenvalue weighted by molar-refractivity contribution is 7.92. The molecule has 0 aliphatic rings. The molecule has 0 aromatic heterocycles. The summed E-state index contributed by atoms with van der Waals surface area (Å²) in [4.78, 5) is 24.4. The van der Waals surface area contributed by atoms with E-state index < -0.39 is 22.0 Å². The van der Waals surface area contributed by atoms with Gasteiger partial charge in [0.1, 0.15) is 6.04 Å². The minimum absolute atomic E-state index is 0.00501. The van der Waals surface area contributed by atoms with Crippen molar-refractivity contribution in [1.82, 2.24) is 10.6 Å². The molecule has 1 unspecified atom stereocenters. The summed E-state index contributed by atoms with van der Waals surface area (Å²) >= 11 is 0. The molecule has 2 aromatic carbocycles. The first-order valence-electron chi connectivity index (χ1n) is 9.00. The minimum Gasteiger partial charge on any atom is -0.354 e. The summed E-state index contributed by atoms with van der Waals surface area (Å²) in [6.45, 7) is 4.03. The lowest BCUT2D eigenvalue weighted by atomic mass is 10.2. The number of hydrogen-bond donors (Lipinski definition) is 2. The largest absolute Gasteiger partial charge is 0.354 e. The Kier molecular flexibility index (Phi) is 7.17. The number of nitrogens with one attached hydrogen (secondary N) is 2. The molecular weight excluding hydrogens is 378 g/mol. The van der Waals surface area contributed by atoms with E-state index in [0.29, 0.717) is 12.2 Å². The second-order valence-corrected chi connectivity index (χ2v) is 8.29. The maximum atomic E-state index is 12.9. The first-order chi connectivity index (χ1) is 13.3. The van der Waals surface area contributed by atoms with Gasteiger partial charge in [-0.15, -0.1) is 0 Å². The van der Waals surface area contributed by atoms with E-state index >= 15 is 0 Å².